The molecule has 1 unspecified atom stereocenters. The second-order valence-electron chi connectivity index (χ2n) is 7.62. The highest BCUT2D eigenvalue weighted by Gasteiger charge is 2.26. The summed E-state index contributed by atoms with van der Waals surface area (Å²) in [6.07, 6.45) is 2.68. The molecule has 3 rings (SSSR count). The molecular formula is C22H30N2OS. The number of hydrogen-bond donors (Lipinski definition) is 2. The Balaban J connectivity index is 1.80. The van der Waals surface area contributed by atoms with Gasteiger partial charge in [0, 0.05) is 37.3 Å². The minimum absolute atomic E-state index is 0.261. The molecule has 0 bridgehead atoms. The van der Waals surface area contributed by atoms with Crippen LogP contribution in [0.3, 0.4) is 0 Å². The van der Waals surface area contributed by atoms with E-state index in [0.717, 1.165) is 25.9 Å². The van der Waals surface area contributed by atoms with Crippen molar-refractivity contribution in [2.24, 2.45) is 5.92 Å². The van der Waals surface area contributed by atoms with Gasteiger partial charge in [-0.25, -0.2) is 0 Å². The van der Waals surface area contributed by atoms with Crippen molar-refractivity contribution in [2.45, 2.75) is 50.9 Å². The van der Waals surface area contributed by atoms with E-state index in [-0.39, 0.29) is 5.91 Å². The number of thiol groups is 1. The number of amides is 1. The van der Waals surface area contributed by atoms with E-state index in [1.54, 1.807) is 0 Å². The number of carbonyl (C=O) groups excluding carboxylic acids is 1. The Kier molecular flexibility index (Phi) is 6.60. The first-order valence-corrected chi connectivity index (χ1v) is 10.2. The minimum Gasteiger partial charge on any atom is -0.337 e. The molecule has 0 spiro atoms. The molecule has 0 saturated carbocycles. The van der Waals surface area contributed by atoms with Crippen molar-refractivity contribution in [1.82, 2.24) is 10.2 Å². The summed E-state index contributed by atoms with van der Waals surface area (Å²) in [6.45, 7) is 6.67. The Bertz CT molecular complexity index is 743. The molecule has 1 aliphatic rings. The van der Waals surface area contributed by atoms with Gasteiger partial charge in [0.15, 0.2) is 0 Å². The summed E-state index contributed by atoms with van der Waals surface area (Å²) in [5, 5.41) is 6.37. The van der Waals surface area contributed by atoms with Crippen LogP contribution < -0.4 is 5.32 Å². The third-order valence-corrected chi connectivity index (χ3v) is 5.85. The van der Waals surface area contributed by atoms with E-state index in [0.29, 0.717) is 30.2 Å². The van der Waals surface area contributed by atoms with Crippen molar-refractivity contribution < 1.29 is 4.79 Å². The van der Waals surface area contributed by atoms with Gasteiger partial charge in [-0.05, 0) is 28.7 Å². The third-order valence-electron chi connectivity index (χ3n) is 5.45. The SMILES string of the molecule is CCC(C)CC(=O)N(Cc1cccc2ccccc12)C[C@@H]1C[C@H](S)CN1. The highest BCUT2D eigenvalue weighted by Crippen LogP contribution is 2.22. The molecule has 0 radical (unpaired) electrons. The van der Waals surface area contributed by atoms with Crippen LogP contribution in [0.25, 0.3) is 10.8 Å². The number of hydrogen-bond acceptors (Lipinski definition) is 3. The molecule has 4 heteroatoms. The first-order valence-electron chi connectivity index (χ1n) is 9.72. The molecule has 0 aliphatic carbocycles. The fraction of sp³-hybridized carbons (Fsp3) is 0.500. The van der Waals surface area contributed by atoms with Gasteiger partial charge < -0.3 is 10.2 Å². The highest BCUT2D eigenvalue weighted by atomic mass is 32.1. The zero-order valence-corrected chi connectivity index (χ0v) is 16.7. The lowest BCUT2D eigenvalue weighted by atomic mass is 10.0. The lowest BCUT2D eigenvalue weighted by molar-refractivity contribution is -0.133. The van der Waals surface area contributed by atoms with Crippen LogP contribution in [0, 0.1) is 5.92 Å². The monoisotopic (exact) mass is 370 g/mol. The maximum Gasteiger partial charge on any atom is 0.223 e. The summed E-state index contributed by atoms with van der Waals surface area (Å²) in [5.41, 5.74) is 1.22. The molecule has 26 heavy (non-hydrogen) atoms. The second-order valence-corrected chi connectivity index (χ2v) is 8.36. The van der Waals surface area contributed by atoms with Gasteiger partial charge in [0.2, 0.25) is 5.91 Å². The van der Waals surface area contributed by atoms with Crippen molar-refractivity contribution in [3.05, 3.63) is 48.0 Å². The van der Waals surface area contributed by atoms with E-state index in [1.807, 2.05) is 0 Å². The molecule has 1 N–H and O–H groups in total. The molecule has 1 heterocycles. The van der Waals surface area contributed by atoms with E-state index in [1.165, 1.54) is 16.3 Å². The Hall–Kier alpha value is -1.52. The standard InChI is InChI=1S/C22H30N2OS/c1-3-16(2)11-22(25)24(15-19-12-20(26)13-23-19)14-18-9-6-8-17-7-4-5-10-21(17)18/h4-10,16,19-20,23,26H,3,11-15H2,1-2H3/t16?,19-,20-/m0/s1. The molecule has 140 valence electrons. The second kappa shape index (κ2) is 8.92. The Morgan fingerprint density at radius 2 is 2.04 bits per heavy atom. The van der Waals surface area contributed by atoms with E-state index < -0.39 is 0 Å². The van der Waals surface area contributed by atoms with E-state index in [9.17, 15) is 4.79 Å². The fourth-order valence-corrected chi connectivity index (χ4v) is 4.02. The maximum atomic E-state index is 13.0. The topological polar surface area (TPSA) is 32.3 Å². The number of benzene rings is 2. The molecule has 1 fully saturated rings. The Morgan fingerprint density at radius 3 is 2.77 bits per heavy atom. The molecule has 1 amide bonds. The zero-order valence-electron chi connectivity index (χ0n) is 15.8. The molecule has 0 aromatic heterocycles. The summed E-state index contributed by atoms with van der Waals surface area (Å²) < 4.78 is 0. The summed E-state index contributed by atoms with van der Waals surface area (Å²) in [6, 6.07) is 15.1. The number of nitrogens with one attached hydrogen (secondary N) is 1. The Morgan fingerprint density at radius 1 is 1.27 bits per heavy atom. The van der Waals surface area contributed by atoms with Crippen LogP contribution in [-0.2, 0) is 11.3 Å². The van der Waals surface area contributed by atoms with Crippen LogP contribution in [-0.4, -0.2) is 35.2 Å². The van der Waals surface area contributed by atoms with Gasteiger partial charge in [0.25, 0.3) is 0 Å². The quantitative estimate of drug-likeness (QED) is 0.714. The van der Waals surface area contributed by atoms with Gasteiger partial charge in [0.1, 0.15) is 0 Å². The van der Waals surface area contributed by atoms with Crippen LogP contribution in [0.2, 0.25) is 0 Å². The molecule has 3 atom stereocenters. The minimum atomic E-state index is 0.261. The number of nitrogens with zero attached hydrogens (tertiary/aromatic N) is 1. The number of carbonyl (C=O) groups is 1. The lowest BCUT2D eigenvalue weighted by Crippen LogP contribution is -2.41. The molecular weight excluding hydrogens is 340 g/mol. The van der Waals surface area contributed by atoms with Crippen molar-refractivity contribution in [3.63, 3.8) is 0 Å². The molecule has 1 aliphatic heterocycles. The first-order chi connectivity index (χ1) is 12.6. The van der Waals surface area contributed by atoms with Crippen molar-refractivity contribution >= 4 is 29.3 Å². The van der Waals surface area contributed by atoms with Gasteiger partial charge >= 0.3 is 0 Å². The van der Waals surface area contributed by atoms with Gasteiger partial charge in [-0.3, -0.25) is 4.79 Å². The van der Waals surface area contributed by atoms with Crippen molar-refractivity contribution in [1.29, 1.82) is 0 Å². The van der Waals surface area contributed by atoms with Crippen LogP contribution in [0.15, 0.2) is 42.5 Å². The van der Waals surface area contributed by atoms with Gasteiger partial charge in [-0.1, -0.05) is 62.7 Å². The number of fused-ring (bicyclic) bond motifs is 1. The van der Waals surface area contributed by atoms with E-state index >= 15 is 0 Å². The van der Waals surface area contributed by atoms with Crippen molar-refractivity contribution in [2.75, 3.05) is 13.1 Å². The summed E-state index contributed by atoms with van der Waals surface area (Å²) in [5.74, 6) is 0.684. The normalized spacial score (nSPS) is 21.0. The van der Waals surface area contributed by atoms with Crippen LogP contribution >= 0.6 is 12.6 Å². The van der Waals surface area contributed by atoms with E-state index in [4.69, 9.17) is 0 Å². The zero-order chi connectivity index (χ0) is 18.5. The summed E-state index contributed by atoms with van der Waals surface area (Å²) >= 11 is 4.58. The molecule has 3 nitrogen and oxygen atoms in total. The van der Waals surface area contributed by atoms with Crippen LogP contribution in [0.5, 0.6) is 0 Å². The first kappa shape index (κ1) is 19.2. The summed E-state index contributed by atoms with van der Waals surface area (Å²) in [7, 11) is 0. The predicted molar refractivity (Wildman–Crippen MR) is 113 cm³/mol. The predicted octanol–water partition coefficient (Wildman–Crippen LogP) is 4.26. The summed E-state index contributed by atoms with van der Waals surface area (Å²) in [4.78, 5) is 15.1. The maximum absolute atomic E-state index is 13.0. The van der Waals surface area contributed by atoms with Crippen LogP contribution in [0.1, 0.15) is 38.7 Å². The van der Waals surface area contributed by atoms with Gasteiger partial charge in [-0.2, -0.15) is 12.6 Å². The average molecular weight is 371 g/mol. The number of rotatable bonds is 7. The molecule has 2 aromatic carbocycles. The Labute approximate surface area is 162 Å². The largest absolute Gasteiger partial charge is 0.337 e. The fourth-order valence-electron chi connectivity index (χ4n) is 3.66. The van der Waals surface area contributed by atoms with Gasteiger partial charge in [0.05, 0.1) is 0 Å². The molecule has 2 aromatic rings. The lowest BCUT2D eigenvalue weighted by Gasteiger charge is -2.28. The smallest absolute Gasteiger partial charge is 0.223 e. The van der Waals surface area contributed by atoms with Crippen molar-refractivity contribution in [3.8, 4) is 0 Å². The van der Waals surface area contributed by atoms with E-state index in [2.05, 4.69) is 79.2 Å². The third kappa shape index (κ3) is 4.80. The average Bonchev–Trinajstić information content (AvgIpc) is 3.06. The van der Waals surface area contributed by atoms with Gasteiger partial charge in [-0.15, -0.1) is 0 Å². The molecule has 1 saturated heterocycles. The highest BCUT2D eigenvalue weighted by molar-refractivity contribution is 7.81. The van der Waals surface area contributed by atoms with Crippen LogP contribution in [0.4, 0.5) is 0 Å².